The van der Waals surface area contributed by atoms with Gasteiger partial charge in [-0.2, -0.15) is 0 Å². The van der Waals surface area contributed by atoms with E-state index in [0.29, 0.717) is 61.7 Å². The lowest BCUT2D eigenvalue weighted by Crippen LogP contribution is -2.81. The second-order valence-corrected chi connectivity index (χ2v) is 19.6. The maximum absolute atomic E-state index is 15.3. The van der Waals surface area contributed by atoms with Gasteiger partial charge >= 0.3 is 29.8 Å². The number of methoxy groups -OCH3 is 3. The van der Waals surface area contributed by atoms with E-state index in [9.17, 15) is 24.3 Å². The molecule has 6 heterocycles. The number of H-pyrrole nitrogens is 1. The molecular weight excluding hydrogens is 907 g/mol. The van der Waals surface area contributed by atoms with E-state index >= 15 is 13.6 Å². The molecule has 0 amide bonds. The summed E-state index contributed by atoms with van der Waals surface area (Å²) in [6.45, 7) is 6.55. The van der Waals surface area contributed by atoms with Gasteiger partial charge in [0.25, 0.3) is 0 Å². The fourth-order valence-electron chi connectivity index (χ4n) is 13.5. The second-order valence-electron chi connectivity index (χ2n) is 19.6. The molecule has 12 atom stereocenters. The third kappa shape index (κ3) is 7.30. The second kappa shape index (κ2) is 17.6. The summed E-state index contributed by atoms with van der Waals surface area (Å²) >= 11 is 0. The zero-order chi connectivity index (χ0) is 50.3. The highest BCUT2D eigenvalue weighted by Crippen LogP contribution is 2.68. The van der Waals surface area contributed by atoms with Crippen molar-refractivity contribution in [2.24, 2.45) is 17.3 Å². The average Bonchev–Trinajstić information content (AvgIpc) is 3.97. The Morgan fingerprint density at radius 3 is 2.22 bits per heavy atom. The number of hydrogen-bond acceptors (Lipinski definition) is 15. The molecule has 0 radical (unpaired) electrons. The molecule has 2 saturated heterocycles. The highest BCUT2D eigenvalue weighted by atomic mass is 19.3. The molecule has 3 aromatic rings. The summed E-state index contributed by atoms with van der Waals surface area (Å²) in [5.74, 6) is -9.46. The van der Waals surface area contributed by atoms with Crippen LogP contribution in [0.5, 0.6) is 5.75 Å². The predicted octanol–water partition coefficient (Wildman–Crippen LogP) is 2.96. The van der Waals surface area contributed by atoms with Gasteiger partial charge in [-0.1, -0.05) is 37.3 Å². The van der Waals surface area contributed by atoms with Crippen molar-refractivity contribution in [1.82, 2.24) is 14.8 Å². The molecule has 2 bridgehead atoms. The summed E-state index contributed by atoms with van der Waals surface area (Å²) in [6.07, 6.45) is -0.496. The van der Waals surface area contributed by atoms with Crippen molar-refractivity contribution in [3.8, 4) is 5.75 Å². The number of aliphatic hydroxyl groups is 3. The largest absolute Gasteiger partial charge is 0.496 e. The Balaban J connectivity index is 0.000000579. The van der Waals surface area contributed by atoms with E-state index in [2.05, 4.69) is 14.8 Å². The first kappa shape index (κ1) is 49.7. The van der Waals surface area contributed by atoms with E-state index in [0.717, 1.165) is 29.0 Å². The van der Waals surface area contributed by atoms with Crippen LogP contribution in [0.4, 0.5) is 14.5 Å². The van der Waals surface area contributed by atoms with E-state index in [1.54, 1.807) is 0 Å². The Morgan fingerprint density at radius 1 is 0.957 bits per heavy atom. The molecule has 1 spiro atoms. The van der Waals surface area contributed by atoms with Crippen LogP contribution in [0.25, 0.3) is 10.9 Å². The number of alkyl halides is 2. The quantitative estimate of drug-likeness (QED) is 0.0971. The summed E-state index contributed by atoms with van der Waals surface area (Å²) in [5.41, 5.74) is -1.64. The smallest absolute Gasteiger partial charge is 0.344 e. The number of carboxylic acids is 2. The molecule has 69 heavy (non-hydrogen) atoms. The molecule has 9 rings (SSSR count). The van der Waals surface area contributed by atoms with Crippen molar-refractivity contribution in [2.45, 2.75) is 106 Å². The summed E-state index contributed by atoms with van der Waals surface area (Å²) in [6, 6.07) is 10.3. The van der Waals surface area contributed by atoms with E-state index in [1.165, 1.54) is 28.3 Å². The van der Waals surface area contributed by atoms with Gasteiger partial charge in [-0.05, 0) is 68.3 Å². The highest BCUT2D eigenvalue weighted by molar-refractivity contribution is 5.95. The standard InChI is InChI=1S/C45H54F2N4O8.C4H6O6/c1-8-42-14-11-16-51-17-15-43(36(42)51)30-19-31(34(56-5)20-33(30)49(4)37(43)45(55,40(54)58-7)38(42)59-25(2)52)44(39(53)57-6)21-26-18-27(41(3,46)47)23-50(22-26)24-29-28-12-9-10-13-32(28)48-35(29)44;5-1(3(7)8)2(6)4(9)10/h9-14,19-20,26-27,36-38,48,55H,8,15-18,21-24H2,1-7H3;1-2,5-6H,(H,7,8)(H,9,10)/t26?,27-,36+,37-,38-,42-,43-,44+,45+;1-,2-/m11/s1. The van der Waals surface area contributed by atoms with Crippen LogP contribution in [0.1, 0.15) is 68.8 Å². The number of anilines is 1. The SMILES string of the molecule is CC[C@]12C=CCN3CC[C@@]4(c5cc([C@@]6(C(=O)OC)CC7C[C@@H](C(C)(F)F)CN(Cc8c6[nH]c6ccccc86)C7)c(OC)cc5N(C)[C@H]4[C@@](O)(C(=O)OC)[C@@H]1OC(C)=O)[C@@H]32.O=C(O)[C@H](O)[C@@H](O)C(=O)O. The van der Waals surface area contributed by atoms with Gasteiger partial charge in [-0.25, -0.2) is 23.2 Å². The summed E-state index contributed by atoms with van der Waals surface area (Å²) < 4.78 is 54.3. The van der Waals surface area contributed by atoms with E-state index in [-0.39, 0.29) is 31.3 Å². The number of nitrogens with zero attached hydrogens (tertiary/aromatic N) is 3. The molecule has 374 valence electrons. The van der Waals surface area contributed by atoms with Gasteiger partial charge in [-0.3, -0.25) is 19.4 Å². The van der Waals surface area contributed by atoms with Gasteiger partial charge in [-0.15, -0.1) is 0 Å². The van der Waals surface area contributed by atoms with Gasteiger partial charge in [0.1, 0.15) is 11.2 Å². The fraction of sp³-hybridized carbons (Fsp3) is 0.571. The van der Waals surface area contributed by atoms with E-state index in [1.807, 2.05) is 67.4 Å². The average molecular weight is 967 g/mol. The maximum Gasteiger partial charge on any atom is 0.344 e. The number of para-hydroxylation sites is 1. The van der Waals surface area contributed by atoms with Crippen LogP contribution in [0, 0.1) is 17.3 Å². The number of rotatable bonds is 10. The molecule has 1 aromatic heterocycles. The van der Waals surface area contributed by atoms with Crippen molar-refractivity contribution < 1.29 is 77.2 Å². The van der Waals surface area contributed by atoms with Crippen molar-refractivity contribution in [2.75, 3.05) is 59.5 Å². The number of carbonyl (C=O) groups is 5. The Hall–Kier alpha value is -5.67. The molecular formula is C49H60F2N4O14. The van der Waals surface area contributed by atoms with Crippen LogP contribution in [0.15, 0.2) is 48.6 Å². The molecule has 6 aliphatic rings. The molecule has 2 aromatic carbocycles. The monoisotopic (exact) mass is 966 g/mol. The van der Waals surface area contributed by atoms with Crippen molar-refractivity contribution >= 4 is 46.4 Å². The number of aromatic nitrogens is 1. The molecule has 5 aliphatic heterocycles. The van der Waals surface area contributed by atoms with Crippen molar-refractivity contribution in [3.63, 3.8) is 0 Å². The van der Waals surface area contributed by atoms with Crippen LogP contribution < -0.4 is 9.64 Å². The zero-order valence-corrected chi connectivity index (χ0v) is 39.5. The number of aromatic amines is 1. The molecule has 1 aliphatic carbocycles. The van der Waals surface area contributed by atoms with Crippen molar-refractivity contribution in [3.05, 3.63) is 70.9 Å². The van der Waals surface area contributed by atoms with Crippen LogP contribution in [-0.2, 0) is 55.6 Å². The van der Waals surface area contributed by atoms with Gasteiger partial charge in [0.05, 0.1) is 27.4 Å². The molecule has 3 fully saturated rings. The molecule has 1 saturated carbocycles. The maximum atomic E-state index is 15.3. The van der Waals surface area contributed by atoms with Gasteiger partial charge in [0, 0.05) is 96.9 Å². The minimum Gasteiger partial charge on any atom is -0.496 e. The number of carbonyl (C=O) groups excluding carboxylic acids is 3. The number of esters is 3. The van der Waals surface area contributed by atoms with Gasteiger partial charge in [0.15, 0.2) is 18.3 Å². The summed E-state index contributed by atoms with van der Waals surface area (Å²) in [4.78, 5) is 72.0. The predicted molar refractivity (Wildman–Crippen MR) is 242 cm³/mol. The normalized spacial score (nSPS) is 32.9. The Bertz CT molecular complexity index is 2580. The number of aliphatic carboxylic acids is 2. The minimum absolute atomic E-state index is 0.155. The fourth-order valence-corrected chi connectivity index (χ4v) is 13.5. The molecule has 20 heteroatoms. The zero-order valence-electron chi connectivity index (χ0n) is 39.5. The van der Waals surface area contributed by atoms with E-state index < -0.39 is 87.9 Å². The van der Waals surface area contributed by atoms with Crippen LogP contribution in [0.2, 0.25) is 0 Å². The molecule has 6 N–H and O–H groups in total. The number of carboxylic acid groups (broad SMARTS) is 2. The van der Waals surface area contributed by atoms with Gasteiger partial charge < -0.3 is 54.4 Å². The first-order valence-corrected chi connectivity index (χ1v) is 23.0. The minimum atomic E-state index is -2.94. The highest BCUT2D eigenvalue weighted by Gasteiger charge is 2.80. The lowest BCUT2D eigenvalue weighted by atomic mass is 9.47. The Morgan fingerprint density at radius 2 is 1.62 bits per heavy atom. The van der Waals surface area contributed by atoms with Crippen LogP contribution in [0.3, 0.4) is 0 Å². The molecule has 18 nitrogen and oxygen atoms in total. The summed E-state index contributed by atoms with van der Waals surface area (Å²) in [7, 11) is 5.94. The number of fused-ring (bicyclic) bond motifs is 6. The topological polar surface area (TPSA) is 249 Å². The Kier molecular flexibility index (Phi) is 12.7. The third-order valence-electron chi connectivity index (χ3n) is 16.1. The number of likely N-dealkylation sites (N-methyl/N-ethyl adjacent to an activating group) is 1. The summed E-state index contributed by atoms with van der Waals surface area (Å²) in [5, 5.41) is 46.7. The first-order chi connectivity index (χ1) is 32.5. The van der Waals surface area contributed by atoms with Crippen LogP contribution in [-0.4, -0.2) is 167 Å². The number of aliphatic hydroxyl groups excluding tert-OH is 2. The van der Waals surface area contributed by atoms with Gasteiger partial charge in [0.2, 0.25) is 11.5 Å². The number of benzene rings is 2. The molecule has 2 unspecified atom stereocenters. The lowest BCUT2D eigenvalue weighted by Gasteiger charge is -2.63. The number of halogens is 2. The Labute approximate surface area is 396 Å². The number of nitrogens with one attached hydrogen (secondary N) is 1. The lowest BCUT2D eigenvalue weighted by molar-refractivity contribution is -0.228. The third-order valence-corrected chi connectivity index (χ3v) is 16.1. The van der Waals surface area contributed by atoms with Crippen molar-refractivity contribution in [1.29, 1.82) is 0 Å². The number of piperidine rings is 1. The number of hydrogen-bond donors (Lipinski definition) is 6. The first-order valence-electron chi connectivity index (χ1n) is 23.0. The number of ether oxygens (including phenoxy) is 4. The van der Waals surface area contributed by atoms with E-state index in [4.69, 9.17) is 39.4 Å². The van der Waals surface area contributed by atoms with Crippen LogP contribution >= 0.6 is 0 Å².